The molecule has 2 N–H and O–H groups in total. The fraction of sp³-hybridized carbons (Fsp3) is 0.143. The van der Waals surface area contributed by atoms with E-state index in [2.05, 4.69) is 0 Å². The summed E-state index contributed by atoms with van der Waals surface area (Å²) in [6.45, 7) is 0. The second kappa shape index (κ2) is 6.57. The van der Waals surface area contributed by atoms with Crippen molar-refractivity contribution < 1.29 is 13.3 Å². The molecule has 2 rings (SSSR count). The Morgan fingerprint density at radius 3 is 2.35 bits per heavy atom. The molecule has 2 aromatic carbocycles. The molecule has 0 aliphatic heterocycles. The van der Waals surface area contributed by atoms with Crippen molar-refractivity contribution >= 4 is 33.2 Å². The van der Waals surface area contributed by atoms with E-state index < -0.39 is 14.9 Å². The number of benzene rings is 2. The minimum atomic E-state index is -3.57. The molecule has 0 amide bonds. The number of hydrogen-bond acceptors (Lipinski definition) is 6. The van der Waals surface area contributed by atoms with Crippen molar-refractivity contribution in [1.29, 1.82) is 0 Å². The van der Waals surface area contributed by atoms with E-state index in [9.17, 15) is 18.5 Å². The monoisotopic (exact) mass is 353 g/mol. The molecular formula is C14H15N3O4S2. The highest BCUT2D eigenvalue weighted by molar-refractivity contribution is 7.99. The fourth-order valence-electron chi connectivity index (χ4n) is 1.80. The predicted molar refractivity (Wildman–Crippen MR) is 88.9 cm³/mol. The van der Waals surface area contributed by atoms with Crippen LogP contribution in [0, 0.1) is 10.1 Å². The highest BCUT2D eigenvalue weighted by Gasteiger charge is 2.19. The third-order valence-electron chi connectivity index (χ3n) is 3.04. The van der Waals surface area contributed by atoms with Crippen LogP contribution < -0.4 is 5.73 Å². The topological polar surface area (TPSA) is 107 Å². The molecule has 122 valence electrons. The summed E-state index contributed by atoms with van der Waals surface area (Å²) in [6, 6.07) is 10.6. The largest absolute Gasteiger partial charge is 0.398 e. The maximum Gasteiger partial charge on any atom is 0.283 e. The first-order valence-electron chi connectivity index (χ1n) is 6.47. The fourth-order valence-corrected chi connectivity index (χ4v) is 3.68. The molecule has 0 aromatic heterocycles. The molecule has 7 nitrogen and oxygen atoms in total. The first-order chi connectivity index (χ1) is 10.7. The Morgan fingerprint density at radius 1 is 1.13 bits per heavy atom. The van der Waals surface area contributed by atoms with Crippen LogP contribution in [-0.2, 0) is 10.0 Å². The second-order valence-corrected chi connectivity index (χ2v) is 8.05. The van der Waals surface area contributed by atoms with Gasteiger partial charge in [-0.2, -0.15) is 0 Å². The molecule has 0 atom stereocenters. The maximum atomic E-state index is 12.1. The molecule has 0 spiro atoms. The third-order valence-corrected chi connectivity index (χ3v) is 6.01. The van der Waals surface area contributed by atoms with Crippen LogP contribution in [0.5, 0.6) is 0 Å². The van der Waals surface area contributed by atoms with Crippen molar-refractivity contribution in [3.63, 3.8) is 0 Å². The summed E-state index contributed by atoms with van der Waals surface area (Å²) < 4.78 is 25.2. The van der Waals surface area contributed by atoms with E-state index in [4.69, 9.17) is 5.73 Å². The second-order valence-electron chi connectivity index (χ2n) is 4.81. The lowest BCUT2D eigenvalue weighted by atomic mass is 10.3. The average molecular weight is 353 g/mol. The summed E-state index contributed by atoms with van der Waals surface area (Å²) in [6.07, 6.45) is 0. The number of rotatable bonds is 5. The molecule has 0 aliphatic carbocycles. The van der Waals surface area contributed by atoms with Crippen molar-refractivity contribution in [2.75, 3.05) is 19.8 Å². The molecule has 0 saturated carbocycles. The van der Waals surface area contributed by atoms with Gasteiger partial charge in [0, 0.05) is 30.7 Å². The lowest BCUT2D eigenvalue weighted by molar-refractivity contribution is -0.387. The quantitative estimate of drug-likeness (QED) is 0.503. The van der Waals surface area contributed by atoms with Gasteiger partial charge in [-0.15, -0.1) is 0 Å². The number of sulfonamides is 1. The van der Waals surface area contributed by atoms with Gasteiger partial charge in [-0.25, -0.2) is 12.7 Å². The Kier molecular flexibility index (Phi) is 4.93. The molecule has 2 aromatic rings. The number of hydrogen-bond donors (Lipinski definition) is 1. The van der Waals surface area contributed by atoms with Gasteiger partial charge in [-0.1, -0.05) is 23.9 Å². The van der Waals surface area contributed by atoms with Crippen LogP contribution in [0.2, 0.25) is 0 Å². The van der Waals surface area contributed by atoms with Crippen molar-refractivity contribution in [2.45, 2.75) is 14.7 Å². The SMILES string of the molecule is CN(C)S(=O)(=O)c1ccc(Sc2ccccc2[N+](=O)[O-])c(N)c1. The summed E-state index contributed by atoms with van der Waals surface area (Å²) in [5.74, 6) is 0. The van der Waals surface area contributed by atoms with Crippen LogP contribution in [0.3, 0.4) is 0 Å². The van der Waals surface area contributed by atoms with E-state index in [0.29, 0.717) is 9.79 Å². The molecule has 23 heavy (non-hydrogen) atoms. The molecule has 0 saturated heterocycles. The smallest absolute Gasteiger partial charge is 0.283 e. The Hall–Kier alpha value is -2.10. The van der Waals surface area contributed by atoms with Gasteiger partial charge in [0.2, 0.25) is 10.0 Å². The Bertz CT molecular complexity index is 851. The molecule has 0 fully saturated rings. The van der Waals surface area contributed by atoms with Gasteiger partial charge < -0.3 is 5.73 Å². The van der Waals surface area contributed by atoms with Crippen LogP contribution in [0.25, 0.3) is 0 Å². The van der Waals surface area contributed by atoms with Crippen LogP contribution in [0.15, 0.2) is 57.2 Å². The zero-order valence-electron chi connectivity index (χ0n) is 12.5. The van der Waals surface area contributed by atoms with Crippen molar-refractivity contribution in [3.8, 4) is 0 Å². The Balaban J connectivity index is 2.39. The lowest BCUT2D eigenvalue weighted by Gasteiger charge is -2.13. The Labute approximate surface area is 138 Å². The average Bonchev–Trinajstić information content (AvgIpc) is 2.49. The van der Waals surface area contributed by atoms with Gasteiger partial charge in [0.15, 0.2) is 0 Å². The third kappa shape index (κ3) is 3.63. The number of nitrogen functional groups attached to an aromatic ring is 1. The summed E-state index contributed by atoms with van der Waals surface area (Å²) in [4.78, 5) is 11.6. The minimum absolute atomic E-state index is 0.0260. The van der Waals surface area contributed by atoms with E-state index in [1.54, 1.807) is 24.3 Å². The van der Waals surface area contributed by atoms with E-state index >= 15 is 0 Å². The minimum Gasteiger partial charge on any atom is -0.398 e. The molecule has 0 aliphatic rings. The molecule has 0 radical (unpaired) electrons. The maximum absolute atomic E-state index is 12.1. The first-order valence-corrected chi connectivity index (χ1v) is 8.72. The van der Waals surface area contributed by atoms with Crippen LogP contribution in [-0.4, -0.2) is 31.7 Å². The summed E-state index contributed by atoms with van der Waals surface area (Å²) >= 11 is 1.12. The summed E-state index contributed by atoms with van der Waals surface area (Å²) in [5.41, 5.74) is 6.14. The molecule has 0 bridgehead atoms. The first kappa shape index (κ1) is 17.3. The summed E-state index contributed by atoms with van der Waals surface area (Å²) in [5, 5.41) is 11.0. The predicted octanol–water partition coefficient (Wildman–Crippen LogP) is 2.58. The van der Waals surface area contributed by atoms with Crippen LogP contribution >= 0.6 is 11.8 Å². The van der Waals surface area contributed by atoms with Crippen molar-refractivity contribution in [1.82, 2.24) is 4.31 Å². The van der Waals surface area contributed by atoms with E-state index in [-0.39, 0.29) is 16.3 Å². The number of nitro benzene ring substituents is 1. The molecule has 9 heteroatoms. The molecule has 0 heterocycles. The molecule has 0 unspecified atom stereocenters. The standard InChI is InChI=1S/C14H15N3O4S2/c1-16(2)23(20,21)10-7-8-13(11(15)9-10)22-14-6-4-3-5-12(14)17(18)19/h3-9H,15H2,1-2H3. The van der Waals surface area contributed by atoms with Crippen LogP contribution in [0.4, 0.5) is 11.4 Å². The van der Waals surface area contributed by atoms with Crippen molar-refractivity contribution in [3.05, 3.63) is 52.6 Å². The normalized spacial score (nSPS) is 11.6. The summed E-state index contributed by atoms with van der Waals surface area (Å²) in [7, 11) is -0.711. The van der Waals surface area contributed by atoms with Gasteiger partial charge >= 0.3 is 0 Å². The number of para-hydroxylation sites is 1. The van der Waals surface area contributed by atoms with Gasteiger partial charge in [0.1, 0.15) is 0 Å². The Morgan fingerprint density at radius 2 is 1.78 bits per heavy atom. The van der Waals surface area contributed by atoms with Gasteiger partial charge in [-0.05, 0) is 24.3 Å². The lowest BCUT2D eigenvalue weighted by Crippen LogP contribution is -2.22. The zero-order valence-corrected chi connectivity index (χ0v) is 14.1. The van der Waals surface area contributed by atoms with Gasteiger partial charge in [0.05, 0.1) is 14.7 Å². The number of nitrogens with zero attached hydrogens (tertiary/aromatic N) is 2. The van der Waals surface area contributed by atoms with E-state index in [0.717, 1.165) is 16.1 Å². The number of anilines is 1. The van der Waals surface area contributed by atoms with E-state index in [1.165, 1.54) is 32.3 Å². The van der Waals surface area contributed by atoms with Crippen LogP contribution in [0.1, 0.15) is 0 Å². The number of nitro groups is 1. The van der Waals surface area contributed by atoms with E-state index in [1.807, 2.05) is 0 Å². The molecular weight excluding hydrogens is 338 g/mol. The highest BCUT2D eigenvalue weighted by atomic mass is 32.2. The number of nitrogens with two attached hydrogens (primary N) is 1. The van der Waals surface area contributed by atoms with Crippen molar-refractivity contribution in [2.24, 2.45) is 0 Å². The van der Waals surface area contributed by atoms with Gasteiger partial charge in [-0.3, -0.25) is 10.1 Å². The highest BCUT2D eigenvalue weighted by Crippen LogP contribution is 2.38. The zero-order chi connectivity index (χ0) is 17.2. The van der Waals surface area contributed by atoms with Gasteiger partial charge in [0.25, 0.3) is 5.69 Å².